The Morgan fingerprint density at radius 1 is 1.08 bits per heavy atom. The molecule has 3 aromatic carbocycles. The van der Waals surface area contributed by atoms with Crippen LogP contribution in [0.15, 0.2) is 92.9 Å². The lowest BCUT2D eigenvalue weighted by Gasteiger charge is -2.11. The maximum absolute atomic E-state index is 12.6. The van der Waals surface area contributed by atoms with E-state index in [1.54, 1.807) is 12.3 Å². The van der Waals surface area contributed by atoms with Gasteiger partial charge in [0.1, 0.15) is 17.9 Å². The first kappa shape index (κ1) is 25.3. The zero-order valence-electron chi connectivity index (χ0n) is 20.2. The molecule has 0 saturated heterocycles. The second-order valence-corrected chi connectivity index (χ2v) is 10.6. The molecule has 2 heterocycles. The second-order valence-electron chi connectivity index (χ2n) is 8.55. The third-order valence-corrected chi connectivity index (χ3v) is 7.20. The lowest BCUT2D eigenvalue weighted by atomic mass is 10.2. The van der Waals surface area contributed by atoms with E-state index in [4.69, 9.17) is 9.15 Å². The molecule has 6 nitrogen and oxygen atoms in total. The number of fused-ring (bicyclic) bond motifs is 1. The van der Waals surface area contributed by atoms with Crippen LogP contribution in [0.1, 0.15) is 33.1 Å². The van der Waals surface area contributed by atoms with Gasteiger partial charge in [0.25, 0.3) is 0 Å². The Bertz CT molecular complexity index is 1610. The molecule has 0 aliphatic carbocycles. The molecule has 37 heavy (non-hydrogen) atoms. The molecule has 1 amide bonds. The Labute approximate surface area is 236 Å². The third kappa shape index (κ3) is 5.65. The number of aryl methyl sites for hydroxylation is 1. The summed E-state index contributed by atoms with van der Waals surface area (Å²) in [4.78, 5) is 12.6. The molecule has 1 N–H and O–H groups in total. The predicted molar refractivity (Wildman–Crippen MR) is 158 cm³/mol. The molecule has 0 saturated carbocycles. The van der Waals surface area contributed by atoms with Gasteiger partial charge in [-0.3, -0.25) is 4.79 Å². The number of nitrogens with zero attached hydrogens (tertiary/aromatic N) is 2. The maximum atomic E-state index is 12.6. The lowest BCUT2D eigenvalue weighted by Crippen LogP contribution is -2.16. The fourth-order valence-electron chi connectivity index (χ4n) is 4.15. The van der Waals surface area contributed by atoms with E-state index in [-0.39, 0.29) is 5.76 Å². The number of amides is 1. The number of halogens is 2. The van der Waals surface area contributed by atoms with Crippen molar-refractivity contribution in [2.24, 2.45) is 5.10 Å². The average Bonchev–Trinajstić information content (AvgIpc) is 3.44. The fourth-order valence-corrected chi connectivity index (χ4v) is 5.81. The number of hydrazone groups is 1. The number of nitrogens with one attached hydrogen (secondary N) is 1. The molecular formula is C29H23BrIN3O3. The number of hydrogen-bond donors (Lipinski definition) is 1. The topological polar surface area (TPSA) is 68.8 Å². The van der Waals surface area contributed by atoms with Gasteiger partial charge in [0.15, 0.2) is 5.76 Å². The van der Waals surface area contributed by atoms with E-state index in [2.05, 4.69) is 53.6 Å². The van der Waals surface area contributed by atoms with Crippen LogP contribution in [0.25, 0.3) is 16.7 Å². The molecule has 5 rings (SSSR count). The number of furan rings is 1. The van der Waals surface area contributed by atoms with E-state index < -0.39 is 5.91 Å². The zero-order valence-corrected chi connectivity index (χ0v) is 23.9. The highest BCUT2D eigenvalue weighted by molar-refractivity contribution is 14.1. The Hall–Kier alpha value is -3.37. The van der Waals surface area contributed by atoms with Crippen LogP contribution in [0.4, 0.5) is 0 Å². The van der Waals surface area contributed by atoms with Gasteiger partial charge in [-0.25, -0.2) is 5.43 Å². The number of hydrogen-bond acceptors (Lipinski definition) is 4. The van der Waals surface area contributed by atoms with Crippen LogP contribution < -0.4 is 10.2 Å². The van der Waals surface area contributed by atoms with E-state index in [1.165, 1.54) is 0 Å². The van der Waals surface area contributed by atoms with Gasteiger partial charge in [0, 0.05) is 32.5 Å². The van der Waals surface area contributed by atoms with Crippen LogP contribution in [-0.2, 0) is 6.61 Å². The molecule has 2 aromatic heterocycles. The number of rotatable bonds is 7. The normalized spacial score (nSPS) is 11.4. The SMILES string of the molecule is Cc1cc(/C=N\NC(=O)c2cc3cc(Br)cc(I)c3o2)c(C)n1-c1ccc(OCc2ccccc2)cc1. The molecule has 8 heteroatoms. The van der Waals surface area contributed by atoms with Gasteiger partial charge in [-0.05, 0) is 90.5 Å². The Morgan fingerprint density at radius 3 is 2.59 bits per heavy atom. The summed E-state index contributed by atoms with van der Waals surface area (Å²) >= 11 is 5.65. The largest absolute Gasteiger partial charge is 0.489 e. The molecular weight excluding hydrogens is 645 g/mol. The summed E-state index contributed by atoms with van der Waals surface area (Å²) in [5.41, 5.74) is 8.37. The molecule has 0 bridgehead atoms. The molecule has 0 aliphatic heterocycles. The third-order valence-electron chi connectivity index (χ3n) is 5.94. The van der Waals surface area contributed by atoms with Gasteiger partial charge in [-0.2, -0.15) is 5.10 Å². The molecule has 0 radical (unpaired) electrons. The minimum atomic E-state index is -0.403. The molecule has 0 unspecified atom stereocenters. The molecule has 0 atom stereocenters. The van der Waals surface area contributed by atoms with Crippen LogP contribution >= 0.6 is 38.5 Å². The van der Waals surface area contributed by atoms with E-state index in [1.807, 2.05) is 86.6 Å². The lowest BCUT2D eigenvalue weighted by molar-refractivity contribution is 0.0929. The molecule has 0 aliphatic rings. The van der Waals surface area contributed by atoms with Gasteiger partial charge in [-0.15, -0.1) is 0 Å². The van der Waals surface area contributed by atoms with E-state index in [9.17, 15) is 4.79 Å². The number of carbonyl (C=O) groups excluding carboxylic acids is 1. The van der Waals surface area contributed by atoms with Crippen molar-refractivity contribution in [1.29, 1.82) is 0 Å². The van der Waals surface area contributed by atoms with Crippen molar-refractivity contribution in [2.45, 2.75) is 20.5 Å². The van der Waals surface area contributed by atoms with Gasteiger partial charge in [0.2, 0.25) is 0 Å². The van der Waals surface area contributed by atoms with Crippen LogP contribution in [0.2, 0.25) is 0 Å². The van der Waals surface area contributed by atoms with Crippen LogP contribution in [-0.4, -0.2) is 16.7 Å². The summed E-state index contributed by atoms with van der Waals surface area (Å²) in [6.07, 6.45) is 1.65. The van der Waals surface area contributed by atoms with Crippen LogP contribution in [0.3, 0.4) is 0 Å². The molecule has 0 spiro atoms. The van der Waals surface area contributed by atoms with Crippen molar-refractivity contribution in [1.82, 2.24) is 9.99 Å². The van der Waals surface area contributed by atoms with Crippen molar-refractivity contribution in [3.8, 4) is 11.4 Å². The van der Waals surface area contributed by atoms with Gasteiger partial charge in [0.05, 0.1) is 9.78 Å². The summed E-state index contributed by atoms with van der Waals surface area (Å²) in [6.45, 7) is 4.59. The van der Waals surface area contributed by atoms with Gasteiger partial charge in [-0.1, -0.05) is 46.3 Å². The van der Waals surface area contributed by atoms with Crippen molar-refractivity contribution in [3.63, 3.8) is 0 Å². The minimum Gasteiger partial charge on any atom is -0.489 e. The number of carbonyl (C=O) groups is 1. The summed E-state index contributed by atoms with van der Waals surface area (Å²) in [7, 11) is 0. The minimum absolute atomic E-state index is 0.211. The monoisotopic (exact) mass is 667 g/mol. The standard InChI is InChI=1S/C29H23BrIN3O3/c1-18-12-22(16-32-33-29(35)27-14-21-13-23(30)15-26(31)28(21)37-27)19(2)34(18)24-8-10-25(11-9-24)36-17-20-6-4-3-5-7-20/h3-16H,17H2,1-2H3,(H,33,35)/b32-16-. The zero-order chi connectivity index (χ0) is 25.9. The van der Waals surface area contributed by atoms with Crippen molar-refractivity contribution in [2.75, 3.05) is 0 Å². The van der Waals surface area contributed by atoms with E-state index in [0.717, 1.165) is 47.4 Å². The van der Waals surface area contributed by atoms with Gasteiger partial charge >= 0.3 is 5.91 Å². The van der Waals surface area contributed by atoms with E-state index in [0.29, 0.717) is 12.2 Å². The maximum Gasteiger partial charge on any atom is 0.307 e. The first-order valence-corrected chi connectivity index (χ1v) is 13.4. The Balaban J connectivity index is 1.26. The van der Waals surface area contributed by atoms with E-state index >= 15 is 0 Å². The van der Waals surface area contributed by atoms with Crippen molar-refractivity contribution >= 4 is 61.6 Å². The smallest absolute Gasteiger partial charge is 0.307 e. The first-order valence-electron chi connectivity index (χ1n) is 11.6. The van der Waals surface area contributed by atoms with Crippen molar-refractivity contribution in [3.05, 3.63) is 115 Å². The molecule has 0 fully saturated rings. The number of aromatic nitrogens is 1. The van der Waals surface area contributed by atoms with Crippen LogP contribution in [0, 0.1) is 17.4 Å². The summed E-state index contributed by atoms with van der Waals surface area (Å²) < 4.78 is 15.7. The number of ether oxygens (including phenoxy) is 1. The van der Waals surface area contributed by atoms with Gasteiger partial charge < -0.3 is 13.7 Å². The van der Waals surface area contributed by atoms with Crippen molar-refractivity contribution < 1.29 is 13.9 Å². The Kier molecular flexibility index (Phi) is 7.48. The highest BCUT2D eigenvalue weighted by Gasteiger charge is 2.15. The highest BCUT2D eigenvalue weighted by Crippen LogP contribution is 2.28. The Morgan fingerprint density at radius 2 is 1.84 bits per heavy atom. The fraction of sp³-hybridized carbons (Fsp3) is 0.103. The summed E-state index contributed by atoms with van der Waals surface area (Å²) in [5, 5.41) is 5.03. The first-order chi connectivity index (χ1) is 17.9. The second kappa shape index (κ2) is 10.9. The summed E-state index contributed by atoms with van der Waals surface area (Å²) in [5.74, 6) is 0.620. The molecule has 5 aromatic rings. The molecule has 186 valence electrons. The predicted octanol–water partition coefficient (Wildman–Crippen LogP) is 7.55. The highest BCUT2D eigenvalue weighted by atomic mass is 127. The quantitative estimate of drug-likeness (QED) is 0.111. The van der Waals surface area contributed by atoms with Crippen LogP contribution in [0.5, 0.6) is 5.75 Å². The average molecular weight is 668 g/mol. The number of benzene rings is 3. The summed E-state index contributed by atoms with van der Waals surface area (Å²) in [6, 6.07) is 25.7.